The first-order valence-corrected chi connectivity index (χ1v) is 13.9. The number of aryl methyl sites for hydroxylation is 1. The van der Waals surface area contributed by atoms with E-state index in [1.54, 1.807) is 0 Å². The number of esters is 1. The van der Waals surface area contributed by atoms with Gasteiger partial charge in [0.05, 0.1) is 7.11 Å². The van der Waals surface area contributed by atoms with Crippen LogP contribution in [0.3, 0.4) is 0 Å². The number of carbonyl (C=O) groups excluding carboxylic acids is 3. The Bertz CT molecular complexity index is 1220. The van der Waals surface area contributed by atoms with Crippen LogP contribution in [0.1, 0.15) is 42.4 Å². The normalized spacial score (nSPS) is 14.3. The second kappa shape index (κ2) is 14.9. The lowest BCUT2D eigenvalue weighted by atomic mass is 9.92. The molecule has 3 aromatic rings. The van der Waals surface area contributed by atoms with E-state index in [4.69, 9.17) is 9.47 Å². The molecule has 1 heterocycles. The standard InChI is InChI=1S/C33H38N2O5/c1-39-33(38)30(22-26-12-15-29(16-13-26)40-24-28-10-6-3-7-11-28)34-31(36)23-27-18-20-35(21-19-27)32(37)17-14-25-8-4-2-5-9-25/h2-13,15-16,27,30H,14,17-24H2,1H3,(H,34,36). The summed E-state index contributed by atoms with van der Waals surface area (Å²) in [5.74, 6) is 0.423. The average Bonchev–Trinajstić information content (AvgIpc) is 3.00. The summed E-state index contributed by atoms with van der Waals surface area (Å²) in [6.45, 7) is 1.79. The van der Waals surface area contributed by atoms with Crippen LogP contribution in [0.15, 0.2) is 84.9 Å². The fraction of sp³-hybridized carbons (Fsp3) is 0.364. The maximum atomic E-state index is 12.9. The molecule has 0 aromatic heterocycles. The van der Waals surface area contributed by atoms with Crippen molar-refractivity contribution in [2.45, 2.75) is 51.2 Å². The van der Waals surface area contributed by atoms with E-state index in [1.165, 1.54) is 7.11 Å². The molecule has 1 fully saturated rings. The van der Waals surface area contributed by atoms with Crippen molar-refractivity contribution in [1.82, 2.24) is 10.2 Å². The number of methoxy groups -OCH3 is 1. The minimum atomic E-state index is -0.770. The lowest BCUT2D eigenvalue weighted by Crippen LogP contribution is -2.44. The van der Waals surface area contributed by atoms with Gasteiger partial charge < -0.3 is 19.7 Å². The molecule has 1 aliphatic heterocycles. The zero-order valence-corrected chi connectivity index (χ0v) is 23.1. The first kappa shape index (κ1) is 28.9. The number of likely N-dealkylation sites (tertiary alicyclic amines) is 1. The molecule has 0 aliphatic carbocycles. The number of amides is 2. The monoisotopic (exact) mass is 542 g/mol. The summed E-state index contributed by atoms with van der Waals surface area (Å²) in [7, 11) is 1.33. The van der Waals surface area contributed by atoms with Crippen LogP contribution in [-0.4, -0.2) is 48.9 Å². The smallest absolute Gasteiger partial charge is 0.328 e. The topological polar surface area (TPSA) is 84.9 Å². The molecule has 40 heavy (non-hydrogen) atoms. The van der Waals surface area contributed by atoms with Gasteiger partial charge in [-0.1, -0.05) is 72.8 Å². The number of rotatable bonds is 12. The van der Waals surface area contributed by atoms with E-state index >= 15 is 0 Å². The van der Waals surface area contributed by atoms with Gasteiger partial charge >= 0.3 is 5.97 Å². The van der Waals surface area contributed by atoms with E-state index in [0.29, 0.717) is 39.0 Å². The van der Waals surface area contributed by atoms with E-state index in [-0.39, 0.29) is 17.7 Å². The maximum Gasteiger partial charge on any atom is 0.328 e. The highest BCUT2D eigenvalue weighted by Gasteiger charge is 2.27. The number of nitrogens with one attached hydrogen (secondary N) is 1. The largest absolute Gasteiger partial charge is 0.489 e. The SMILES string of the molecule is COC(=O)C(Cc1ccc(OCc2ccccc2)cc1)NC(=O)CC1CCN(C(=O)CCc2ccccc2)CC1. The lowest BCUT2D eigenvalue weighted by Gasteiger charge is -2.32. The number of hydrogen-bond acceptors (Lipinski definition) is 5. The summed E-state index contributed by atoms with van der Waals surface area (Å²) in [6.07, 6.45) is 3.43. The molecule has 3 aromatic carbocycles. The second-order valence-corrected chi connectivity index (χ2v) is 10.3. The summed E-state index contributed by atoms with van der Waals surface area (Å²) in [5.41, 5.74) is 3.14. The van der Waals surface area contributed by atoms with Crippen molar-refractivity contribution in [2.75, 3.05) is 20.2 Å². The van der Waals surface area contributed by atoms with Crippen molar-refractivity contribution >= 4 is 17.8 Å². The average molecular weight is 543 g/mol. The Hall–Kier alpha value is -4.13. The summed E-state index contributed by atoms with van der Waals surface area (Å²) in [5, 5.41) is 2.87. The number of piperidine rings is 1. The van der Waals surface area contributed by atoms with Crippen LogP contribution in [0.25, 0.3) is 0 Å². The molecule has 7 nitrogen and oxygen atoms in total. The minimum absolute atomic E-state index is 0.161. The lowest BCUT2D eigenvalue weighted by molar-refractivity contribution is -0.145. The Kier molecular flexibility index (Phi) is 10.7. The van der Waals surface area contributed by atoms with Crippen molar-refractivity contribution in [3.05, 3.63) is 102 Å². The van der Waals surface area contributed by atoms with Gasteiger partial charge in [-0.15, -0.1) is 0 Å². The van der Waals surface area contributed by atoms with E-state index in [0.717, 1.165) is 41.7 Å². The van der Waals surface area contributed by atoms with E-state index in [2.05, 4.69) is 5.32 Å². The molecule has 210 valence electrons. The molecule has 0 spiro atoms. The molecule has 1 aliphatic rings. The van der Waals surface area contributed by atoms with Crippen molar-refractivity contribution in [3.63, 3.8) is 0 Å². The van der Waals surface area contributed by atoms with Gasteiger partial charge in [0.15, 0.2) is 0 Å². The Morgan fingerprint density at radius 2 is 1.48 bits per heavy atom. The van der Waals surface area contributed by atoms with E-state index in [9.17, 15) is 14.4 Å². The molecular formula is C33H38N2O5. The summed E-state index contributed by atoms with van der Waals surface area (Å²) < 4.78 is 10.8. The van der Waals surface area contributed by atoms with Gasteiger partial charge in [0.2, 0.25) is 11.8 Å². The number of nitrogens with zero attached hydrogens (tertiary/aromatic N) is 1. The summed E-state index contributed by atoms with van der Waals surface area (Å²) >= 11 is 0. The minimum Gasteiger partial charge on any atom is -0.489 e. The van der Waals surface area contributed by atoms with Gasteiger partial charge in [0.1, 0.15) is 18.4 Å². The zero-order valence-electron chi connectivity index (χ0n) is 23.1. The molecular weight excluding hydrogens is 504 g/mol. The van der Waals surface area contributed by atoms with Crippen LogP contribution in [0.5, 0.6) is 5.75 Å². The van der Waals surface area contributed by atoms with Crippen molar-refractivity contribution in [3.8, 4) is 5.75 Å². The van der Waals surface area contributed by atoms with Crippen LogP contribution in [0.4, 0.5) is 0 Å². The second-order valence-electron chi connectivity index (χ2n) is 10.3. The van der Waals surface area contributed by atoms with Crippen LogP contribution < -0.4 is 10.1 Å². The van der Waals surface area contributed by atoms with Gasteiger partial charge in [-0.3, -0.25) is 9.59 Å². The molecule has 0 radical (unpaired) electrons. The van der Waals surface area contributed by atoms with E-state index < -0.39 is 12.0 Å². The van der Waals surface area contributed by atoms with Crippen LogP contribution >= 0.6 is 0 Å². The van der Waals surface area contributed by atoms with Crippen LogP contribution in [-0.2, 0) is 38.6 Å². The number of hydrogen-bond donors (Lipinski definition) is 1. The highest BCUT2D eigenvalue weighted by Crippen LogP contribution is 2.22. The molecule has 1 saturated heterocycles. The zero-order chi connectivity index (χ0) is 28.2. The highest BCUT2D eigenvalue weighted by atomic mass is 16.5. The predicted molar refractivity (Wildman–Crippen MR) is 154 cm³/mol. The molecule has 0 bridgehead atoms. The summed E-state index contributed by atoms with van der Waals surface area (Å²) in [6, 6.07) is 26.7. The van der Waals surface area contributed by atoms with E-state index in [1.807, 2.05) is 89.8 Å². The first-order valence-electron chi connectivity index (χ1n) is 13.9. The number of ether oxygens (including phenoxy) is 2. The van der Waals surface area contributed by atoms with Crippen molar-refractivity contribution < 1.29 is 23.9 Å². The predicted octanol–water partition coefficient (Wildman–Crippen LogP) is 4.73. The maximum absolute atomic E-state index is 12.9. The van der Waals surface area contributed by atoms with Gasteiger partial charge in [-0.05, 0) is 54.0 Å². The third-order valence-electron chi connectivity index (χ3n) is 7.34. The van der Waals surface area contributed by atoms with Crippen LogP contribution in [0, 0.1) is 5.92 Å². The molecule has 7 heteroatoms. The Morgan fingerprint density at radius 3 is 2.10 bits per heavy atom. The molecule has 1 atom stereocenters. The third-order valence-corrected chi connectivity index (χ3v) is 7.34. The Balaban J connectivity index is 1.21. The summed E-state index contributed by atoms with van der Waals surface area (Å²) in [4.78, 5) is 39.9. The van der Waals surface area contributed by atoms with Crippen molar-refractivity contribution in [1.29, 1.82) is 0 Å². The molecule has 2 amide bonds. The third kappa shape index (κ3) is 8.97. The quantitative estimate of drug-likeness (QED) is 0.335. The first-order chi connectivity index (χ1) is 19.5. The molecule has 1 N–H and O–H groups in total. The van der Waals surface area contributed by atoms with Gasteiger partial charge in [0, 0.05) is 32.4 Å². The fourth-order valence-electron chi connectivity index (χ4n) is 4.99. The highest BCUT2D eigenvalue weighted by molar-refractivity contribution is 5.84. The van der Waals surface area contributed by atoms with Gasteiger partial charge in [-0.25, -0.2) is 4.79 Å². The number of carbonyl (C=O) groups is 3. The fourth-order valence-corrected chi connectivity index (χ4v) is 4.99. The molecule has 1 unspecified atom stereocenters. The molecule has 0 saturated carbocycles. The van der Waals surface area contributed by atoms with Gasteiger partial charge in [-0.2, -0.15) is 0 Å². The number of benzene rings is 3. The van der Waals surface area contributed by atoms with Crippen LogP contribution in [0.2, 0.25) is 0 Å². The Morgan fingerprint density at radius 1 is 0.850 bits per heavy atom. The van der Waals surface area contributed by atoms with Gasteiger partial charge in [0.25, 0.3) is 0 Å². The molecule has 4 rings (SSSR count). The Labute approximate surface area is 236 Å². The van der Waals surface area contributed by atoms with Crippen molar-refractivity contribution in [2.24, 2.45) is 5.92 Å².